The fraction of sp³-hybridized carbons (Fsp3) is 0.308. The van der Waals surface area contributed by atoms with E-state index in [1.54, 1.807) is 12.1 Å². The molecule has 0 aliphatic rings. The minimum atomic E-state index is -0.347. The third-order valence-electron chi connectivity index (χ3n) is 6.11. The smallest absolute Gasteiger partial charge is 0.264 e. The Morgan fingerprint density at radius 1 is 0.625 bits per heavy atom. The van der Waals surface area contributed by atoms with E-state index in [-0.39, 0.29) is 47.8 Å². The molecule has 0 spiro atoms. The number of fused-ring (bicyclic) bond motifs is 2. The van der Waals surface area contributed by atoms with Gasteiger partial charge in [-0.1, -0.05) is 57.5 Å². The highest BCUT2D eigenvalue weighted by molar-refractivity contribution is 9.11. The summed E-state index contributed by atoms with van der Waals surface area (Å²) in [5.41, 5.74) is 1.78. The van der Waals surface area contributed by atoms with E-state index in [0.717, 1.165) is 43.6 Å². The number of nitrogens with zero attached hydrogens (tertiary/aromatic N) is 4. The first-order valence-electron chi connectivity index (χ1n) is 12.4. The Hall–Kier alpha value is -2.42. The second-order valence-corrected chi connectivity index (χ2v) is 12.6. The molecule has 0 atom stereocenters. The number of carbonyl (C=O) groups is 2. The molecule has 0 fully saturated rings. The first-order chi connectivity index (χ1) is 19.1. The Kier molecular flexibility index (Phi) is 10.7. The highest BCUT2D eigenvalue weighted by atomic mass is 79.9. The van der Waals surface area contributed by atoms with Gasteiger partial charge in [-0.05, 0) is 69.0 Å². The van der Waals surface area contributed by atoms with Gasteiger partial charge in [-0.3, -0.25) is 9.59 Å². The number of nitrogens with one attached hydrogen (secondary N) is 2. The number of hydrogen-bond acceptors (Lipinski definition) is 6. The van der Waals surface area contributed by atoms with Crippen molar-refractivity contribution < 1.29 is 19.8 Å². The lowest BCUT2D eigenvalue weighted by Gasteiger charge is -2.00. The van der Waals surface area contributed by atoms with Gasteiger partial charge in [0.15, 0.2) is 11.4 Å². The Labute approximate surface area is 262 Å². The van der Waals surface area contributed by atoms with Gasteiger partial charge in [0.05, 0.1) is 11.0 Å². The van der Waals surface area contributed by atoms with Crippen LogP contribution in [0.3, 0.4) is 0 Å². The monoisotopic (exact) mass is 800 g/mol. The van der Waals surface area contributed by atoms with E-state index in [0.29, 0.717) is 34.6 Å². The third-order valence-corrected chi connectivity index (χ3v) is 8.28. The van der Waals surface area contributed by atoms with Crippen LogP contribution < -0.4 is 0 Å². The van der Waals surface area contributed by atoms with E-state index >= 15 is 0 Å². The maximum Gasteiger partial charge on any atom is 0.264 e. The van der Waals surface area contributed by atoms with Crippen LogP contribution >= 0.6 is 63.7 Å². The predicted molar refractivity (Wildman–Crippen MR) is 167 cm³/mol. The number of aromatic nitrogens is 2. The predicted octanol–water partition coefficient (Wildman–Crippen LogP) is 10.2. The molecule has 4 aromatic rings. The molecular formula is C26H24Br4N6O4. The summed E-state index contributed by atoms with van der Waals surface area (Å²) in [7, 11) is 0. The van der Waals surface area contributed by atoms with Crippen LogP contribution in [0.1, 0.15) is 51.4 Å². The summed E-state index contributed by atoms with van der Waals surface area (Å²) in [5.74, 6) is -0.995. The lowest BCUT2D eigenvalue weighted by molar-refractivity contribution is -0.119. The zero-order valence-corrected chi connectivity index (χ0v) is 27.3. The Balaban J connectivity index is 1.13. The molecule has 4 N–H and O–H groups in total. The molecule has 4 rings (SSSR count). The maximum absolute atomic E-state index is 12.2. The van der Waals surface area contributed by atoms with Crippen LogP contribution in [-0.4, -0.2) is 32.0 Å². The van der Waals surface area contributed by atoms with Crippen LogP contribution in [0.15, 0.2) is 62.6 Å². The number of carbonyl (C=O) groups excluding carboxylic acids is 2. The van der Waals surface area contributed by atoms with Gasteiger partial charge in [-0.25, -0.2) is 0 Å². The molecule has 2 aromatic carbocycles. The third kappa shape index (κ3) is 7.65. The topological polar surface area (TPSA) is 156 Å². The second-order valence-electron chi connectivity index (χ2n) is 9.07. The number of rotatable bonds is 11. The number of benzene rings is 2. The molecule has 10 nitrogen and oxygen atoms in total. The van der Waals surface area contributed by atoms with Crippen LogP contribution in [0.25, 0.3) is 21.8 Å². The van der Waals surface area contributed by atoms with Crippen LogP contribution in [-0.2, 0) is 9.59 Å². The minimum absolute atomic E-state index is 0.150. The van der Waals surface area contributed by atoms with Crippen molar-refractivity contribution >= 4 is 109 Å². The van der Waals surface area contributed by atoms with Crippen LogP contribution in [0.2, 0.25) is 0 Å². The van der Waals surface area contributed by atoms with E-state index in [1.165, 1.54) is 0 Å². The zero-order valence-electron chi connectivity index (χ0n) is 21.0. The minimum Gasteiger partial charge on any atom is -0.493 e. The molecule has 40 heavy (non-hydrogen) atoms. The fourth-order valence-corrected chi connectivity index (χ4v) is 6.81. The number of aromatic hydroxyl groups is 2. The number of aromatic amines is 2. The van der Waals surface area contributed by atoms with Gasteiger partial charge < -0.3 is 20.2 Å². The quantitative estimate of drug-likeness (QED) is 0.0880. The fourth-order valence-electron chi connectivity index (χ4n) is 4.16. The van der Waals surface area contributed by atoms with Gasteiger partial charge in [0, 0.05) is 41.5 Å². The molecule has 0 saturated carbocycles. The average molecular weight is 804 g/mol. The van der Waals surface area contributed by atoms with Gasteiger partial charge >= 0.3 is 0 Å². The Morgan fingerprint density at radius 3 is 1.40 bits per heavy atom. The molecule has 210 valence electrons. The van der Waals surface area contributed by atoms with Crippen molar-refractivity contribution in [3.05, 3.63) is 42.2 Å². The normalized spacial score (nSPS) is 12.0. The summed E-state index contributed by atoms with van der Waals surface area (Å²) in [6.45, 7) is 0. The van der Waals surface area contributed by atoms with Crippen LogP contribution in [0, 0.1) is 0 Å². The van der Waals surface area contributed by atoms with Crippen molar-refractivity contribution in [1.82, 2.24) is 9.97 Å². The number of H-pyrrole nitrogens is 2. The summed E-state index contributed by atoms with van der Waals surface area (Å²) < 4.78 is 3.10. The highest BCUT2D eigenvalue weighted by Gasteiger charge is 2.15. The molecule has 0 unspecified atom stereocenters. The van der Waals surface area contributed by atoms with E-state index in [9.17, 15) is 19.8 Å². The van der Waals surface area contributed by atoms with Crippen molar-refractivity contribution in [2.45, 2.75) is 51.4 Å². The largest absolute Gasteiger partial charge is 0.493 e. The van der Waals surface area contributed by atoms with Crippen molar-refractivity contribution in [3.8, 4) is 11.8 Å². The van der Waals surface area contributed by atoms with Gasteiger partial charge in [0.2, 0.25) is 11.8 Å². The van der Waals surface area contributed by atoms with E-state index < -0.39 is 0 Å². The first kappa shape index (κ1) is 30.5. The number of halogens is 4. The lowest BCUT2D eigenvalue weighted by Crippen LogP contribution is -1.93. The standard InChI is InChI=1S/C26H24Br4N6O4/c27-13-9-15-21(17(29)11-13)31-25(39)23(15)35-33-19(37)7-5-3-1-2-4-6-8-20(38)34-36-24-16-10-14(28)12-18(30)22(16)32-26(24)40/h9-12,31-32,39-40H,1-8H2. The van der Waals surface area contributed by atoms with Crippen molar-refractivity contribution in [1.29, 1.82) is 0 Å². The molecule has 0 aliphatic heterocycles. The molecule has 0 bridgehead atoms. The molecule has 2 aromatic heterocycles. The van der Waals surface area contributed by atoms with E-state index in [4.69, 9.17) is 0 Å². The molecule has 0 saturated heterocycles. The molecule has 14 heteroatoms. The number of unbranched alkanes of at least 4 members (excludes halogenated alkanes) is 5. The van der Waals surface area contributed by atoms with Gasteiger partial charge in [0.1, 0.15) is 0 Å². The summed E-state index contributed by atoms with van der Waals surface area (Å²) >= 11 is 13.7. The summed E-state index contributed by atoms with van der Waals surface area (Å²) in [6.07, 6.45) is 5.48. The summed E-state index contributed by atoms with van der Waals surface area (Å²) in [5, 5.41) is 37.1. The lowest BCUT2D eigenvalue weighted by atomic mass is 10.1. The molecule has 2 amide bonds. The average Bonchev–Trinajstić information content (AvgIpc) is 3.38. The molecular weight excluding hydrogens is 780 g/mol. The first-order valence-corrected chi connectivity index (χ1v) is 15.6. The Morgan fingerprint density at radius 2 is 1.00 bits per heavy atom. The van der Waals surface area contributed by atoms with E-state index in [2.05, 4.69) is 94.1 Å². The molecule has 0 radical (unpaired) electrons. The van der Waals surface area contributed by atoms with Crippen molar-refractivity contribution in [2.24, 2.45) is 20.5 Å². The number of hydrogen-bond donors (Lipinski definition) is 4. The number of azo groups is 2. The SMILES string of the molecule is O=C(CCCCCCCCC(=O)N=Nc1c(O)[nH]c2c(Br)cc(Br)cc12)N=Nc1c(O)[nH]c2c(Br)cc(Br)cc12. The Bertz CT molecular complexity index is 1510. The number of amides is 2. The van der Waals surface area contributed by atoms with Crippen LogP contribution in [0.5, 0.6) is 11.8 Å². The summed E-state index contributed by atoms with van der Waals surface area (Å²) in [6, 6.07) is 7.26. The maximum atomic E-state index is 12.2. The highest BCUT2D eigenvalue weighted by Crippen LogP contribution is 2.41. The van der Waals surface area contributed by atoms with Gasteiger partial charge in [0.25, 0.3) is 11.8 Å². The molecule has 0 aliphatic carbocycles. The second kappa shape index (κ2) is 14.0. The zero-order chi connectivity index (χ0) is 28.8. The van der Waals surface area contributed by atoms with Crippen molar-refractivity contribution in [3.63, 3.8) is 0 Å². The van der Waals surface area contributed by atoms with Gasteiger partial charge in [-0.15, -0.1) is 20.5 Å². The van der Waals surface area contributed by atoms with E-state index in [1.807, 2.05) is 12.1 Å². The molecule has 2 heterocycles. The summed E-state index contributed by atoms with van der Waals surface area (Å²) in [4.78, 5) is 30.0. The van der Waals surface area contributed by atoms with Crippen molar-refractivity contribution in [2.75, 3.05) is 0 Å². The van der Waals surface area contributed by atoms with Crippen LogP contribution in [0.4, 0.5) is 11.4 Å². The van der Waals surface area contributed by atoms with Gasteiger partial charge in [-0.2, -0.15) is 0 Å².